The van der Waals surface area contributed by atoms with Gasteiger partial charge in [0.05, 0.1) is 11.0 Å². The Labute approximate surface area is 107 Å². The number of hydrogen-bond donors (Lipinski definition) is 1. The van der Waals surface area contributed by atoms with Gasteiger partial charge in [-0.15, -0.1) is 0 Å². The predicted molar refractivity (Wildman–Crippen MR) is 70.8 cm³/mol. The maximum absolute atomic E-state index is 10.5. The van der Waals surface area contributed by atoms with E-state index in [2.05, 4.69) is 5.32 Å². The second kappa shape index (κ2) is 7.79. The van der Waals surface area contributed by atoms with Crippen molar-refractivity contribution in [1.82, 2.24) is 5.32 Å². The molecule has 5 heteroatoms. The van der Waals surface area contributed by atoms with Gasteiger partial charge in [-0.2, -0.15) is 0 Å². The van der Waals surface area contributed by atoms with E-state index in [0.29, 0.717) is 0 Å². The zero-order chi connectivity index (χ0) is 13.4. The third-order valence-electron chi connectivity index (χ3n) is 2.62. The molecule has 5 nitrogen and oxygen atoms in total. The summed E-state index contributed by atoms with van der Waals surface area (Å²) in [6.07, 6.45) is 1.07. The Morgan fingerprint density at radius 1 is 1.39 bits per heavy atom. The minimum atomic E-state index is -0.383. The van der Waals surface area contributed by atoms with Crippen molar-refractivity contribution in [1.29, 1.82) is 0 Å². The maximum Gasteiger partial charge on any atom is 0.269 e. The first-order valence-electron chi connectivity index (χ1n) is 6.19. The standard InChI is InChI=1S/C13H20N2O3/c1-3-18-11(2)10-14-9-8-12-4-6-13(7-5-12)15(16)17/h4-7,11,14H,3,8-10H2,1-2H3. The molecule has 0 aliphatic carbocycles. The smallest absolute Gasteiger partial charge is 0.269 e. The molecule has 1 atom stereocenters. The summed E-state index contributed by atoms with van der Waals surface area (Å²) in [7, 11) is 0. The van der Waals surface area contributed by atoms with Crippen LogP contribution in [0.3, 0.4) is 0 Å². The highest BCUT2D eigenvalue weighted by Crippen LogP contribution is 2.11. The first-order chi connectivity index (χ1) is 8.63. The number of nitrogens with zero attached hydrogens (tertiary/aromatic N) is 1. The second-order valence-electron chi connectivity index (χ2n) is 4.14. The van der Waals surface area contributed by atoms with Gasteiger partial charge in [0.25, 0.3) is 5.69 Å². The van der Waals surface area contributed by atoms with E-state index >= 15 is 0 Å². The fraction of sp³-hybridized carbons (Fsp3) is 0.538. The topological polar surface area (TPSA) is 64.4 Å². The summed E-state index contributed by atoms with van der Waals surface area (Å²) in [6.45, 7) is 6.40. The molecule has 0 aliphatic heterocycles. The van der Waals surface area contributed by atoms with Gasteiger partial charge in [0.15, 0.2) is 0 Å². The number of rotatable bonds is 8. The van der Waals surface area contributed by atoms with Crippen LogP contribution in [0, 0.1) is 10.1 Å². The minimum Gasteiger partial charge on any atom is -0.377 e. The highest BCUT2D eigenvalue weighted by molar-refractivity contribution is 5.32. The maximum atomic E-state index is 10.5. The molecule has 1 unspecified atom stereocenters. The molecule has 0 amide bonds. The third kappa shape index (κ3) is 5.25. The number of nitrogens with one attached hydrogen (secondary N) is 1. The number of benzene rings is 1. The van der Waals surface area contributed by atoms with E-state index < -0.39 is 0 Å². The van der Waals surface area contributed by atoms with Gasteiger partial charge in [-0.25, -0.2) is 0 Å². The van der Waals surface area contributed by atoms with Crippen LogP contribution in [0.2, 0.25) is 0 Å². The molecule has 0 bridgehead atoms. The van der Waals surface area contributed by atoms with Crippen LogP contribution in [0.25, 0.3) is 0 Å². The summed E-state index contributed by atoms with van der Waals surface area (Å²) in [6, 6.07) is 6.67. The molecule has 0 spiro atoms. The van der Waals surface area contributed by atoms with Crippen molar-refractivity contribution in [3.8, 4) is 0 Å². The van der Waals surface area contributed by atoms with Crippen molar-refractivity contribution in [3.63, 3.8) is 0 Å². The van der Waals surface area contributed by atoms with Crippen LogP contribution >= 0.6 is 0 Å². The molecule has 0 fully saturated rings. The molecule has 0 aliphatic rings. The van der Waals surface area contributed by atoms with Crippen LogP contribution in [-0.2, 0) is 11.2 Å². The van der Waals surface area contributed by atoms with Crippen LogP contribution in [-0.4, -0.2) is 30.7 Å². The number of nitro groups is 1. The van der Waals surface area contributed by atoms with Crippen molar-refractivity contribution in [2.24, 2.45) is 0 Å². The van der Waals surface area contributed by atoms with Crippen LogP contribution in [0.1, 0.15) is 19.4 Å². The van der Waals surface area contributed by atoms with Crippen LogP contribution < -0.4 is 5.32 Å². The summed E-state index contributed by atoms with van der Waals surface area (Å²) in [5.74, 6) is 0. The van der Waals surface area contributed by atoms with Crippen LogP contribution in [0.5, 0.6) is 0 Å². The van der Waals surface area contributed by atoms with Gasteiger partial charge in [-0.1, -0.05) is 12.1 Å². The Balaban J connectivity index is 2.25. The lowest BCUT2D eigenvalue weighted by molar-refractivity contribution is -0.384. The Morgan fingerprint density at radius 3 is 2.61 bits per heavy atom. The summed E-state index contributed by atoms with van der Waals surface area (Å²) in [5.41, 5.74) is 1.23. The molecule has 1 rings (SSSR count). The quantitative estimate of drug-likeness (QED) is 0.437. The van der Waals surface area contributed by atoms with Gasteiger partial charge >= 0.3 is 0 Å². The van der Waals surface area contributed by atoms with E-state index in [1.54, 1.807) is 12.1 Å². The largest absolute Gasteiger partial charge is 0.377 e. The lowest BCUT2D eigenvalue weighted by Crippen LogP contribution is -2.28. The van der Waals surface area contributed by atoms with Gasteiger partial charge in [0.2, 0.25) is 0 Å². The van der Waals surface area contributed by atoms with Gasteiger partial charge in [0.1, 0.15) is 0 Å². The second-order valence-corrected chi connectivity index (χ2v) is 4.14. The highest BCUT2D eigenvalue weighted by Gasteiger charge is 2.04. The van der Waals surface area contributed by atoms with E-state index in [1.807, 2.05) is 13.8 Å². The summed E-state index contributed by atoms with van der Waals surface area (Å²) in [4.78, 5) is 10.1. The number of ether oxygens (including phenoxy) is 1. The van der Waals surface area contributed by atoms with Crippen LogP contribution in [0.15, 0.2) is 24.3 Å². The molecule has 0 heterocycles. The SMILES string of the molecule is CCOC(C)CNCCc1ccc([N+](=O)[O-])cc1. The van der Waals surface area contributed by atoms with Gasteiger partial charge in [0, 0.05) is 25.3 Å². The zero-order valence-electron chi connectivity index (χ0n) is 10.9. The van der Waals surface area contributed by atoms with E-state index in [1.165, 1.54) is 12.1 Å². The molecule has 0 aromatic heterocycles. The Kier molecular flexibility index (Phi) is 6.32. The molecule has 1 N–H and O–H groups in total. The molecule has 0 saturated heterocycles. The highest BCUT2D eigenvalue weighted by atomic mass is 16.6. The van der Waals surface area contributed by atoms with Gasteiger partial charge < -0.3 is 10.1 Å². The molecule has 1 aromatic rings. The summed E-state index contributed by atoms with van der Waals surface area (Å²) < 4.78 is 5.40. The first-order valence-corrected chi connectivity index (χ1v) is 6.19. The predicted octanol–water partition coefficient (Wildman–Crippen LogP) is 2.15. The van der Waals surface area contributed by atoms with E-state index in [9.17, 15) is 10.1 Å². The molecular formula is C13H20N2O3. The van der Waals surface area contributed by atoms with Crippen molar-refractivity contribution in [2.75, 3.05) is 19.7 Å². The molecule has 18 heavy (non-hydrogen) atoms. The zero-order valence-corrected chi connectivity index (χ0v) is 10.9. The number of hydrogen-bond acceptors (Lipinski definition) is 4. The minimum absolute atomic E-state index is 0.136. The van der Waals surface area contributed by atoms with Crippen LogP contribution in [0.4, 0.5) is 5.69 Å². The lowest BCUT2D eigenvalue weighted by Gasteiger charge is -2.12. The molecule has 100 valence electrons. The van der Waals surface area contributed by atoms with Crippen molar-refractivity contribution in [3.05, 3.63) is 39.9 Å². The monoisotopic (exact) mass is 252 g/mol. The number of non-ortho nitro benzene ring substituents is 1. The fourth-order valence-electron chi connectivity index (χ4n) is 1.67. The molecular weight excluding hydrogens is 232 g/mol. The fourth-order valence-corrected chi connectivity index (χ4v) is 1.67. The number of nitro benzene ring substituents is 1. The van der Waals surface area contributed by atoms with E-state index in [-0.39, 0.29) is 16.7 Å². The molecule has 1 aromatic carbocycles. The van der Waals surface area contributed by atoms with Crippen molar-refractivity contribution < 1.29 is 9.66 Å². The average Bonchev–Trinajstić information content (AvgIpc) is 2.35. The van der Waals surface area contributed by atoms with Gasteiger partial charge in [-0.05, 0) is 32.4 Å². The Bertz CT molecular complexity index is 365. The lowest BCUT2D eigenvalue weighted by atomic mass is 10.1. The molecule has 0 saturated carbocycles. The third-order valence-corrected chi connectivity index (χ3v) is 2.62. The Morgan fingerprint density at radius 2 is 2.06 bits per heavy atom. The van der Waals surface area contributed by atoms with Crippen molar-refractivity contribution in [2.45, 2.75) is 26.4 Å². The van der Waals surface area contributed by atoms with E-state index in [0.717, 1.165) is 31.7 Å². The Hall–Kier alpha value is -1.46. The normalized spacial score (nSPS) is 12.3. The molecule has 0 radical (unpaired) electrons. The van der Waals surface area contributed by atoms with Crippen molar-refractivity contribution >= 4 is 5.69 Å². The first kappa shape index (κ1) is 14.6. The summed E-state index contributed by atoms with van der Waals surface area (Å²) in [5, 5.41) is 13.8. The summed E-state index contributed by atoms with van der Waals surface area (Å²) >= 11 is 0. The average molecular weight is 252 g/mol. The van der Waals surface area contributed by atoms with Gasteiger partial charge in [-0.3, -0.25) is 10.1 Å². The van der Waals surface area contributed by atoms with E-state index in [4.69, 9.17) is 4.74 Å².